The van der Waals surface area contributed by atoms with Crippen LogP contribution in [-0.4, -0.2) is 10.9 Å². The van der Waals surface area contributed by atoms with E-state index in [4.69, 9.17) is 0 Å². The van der Waals surface area contributed by atoms with Gasteiger partial charge in [-0.25, -0.2) is 0 Å². The SMILES string of the molecule is O=C(Nc1cccc(/C=C/c2ccccn2)c1)c1cccc(Br)c1. The second-order valence-electron chi connectivity index (χ2n) is 5.18. The van der Waals surface area contributed by atoms with Gasteiger partial charge in [-0.05, 0) is 54.1 Å². The molecule has 3 nitrogen and oxygen atoms in total. The van der Waals surface area contributed by atoms with E-state index >= 15 is 0 Å². The summed E-state index contributed by atoms with van der Waals surface area (Å²) in [4.78, 5) is 16.5. The molecule has 0 atom stereocenters. The molecule has 0 aliphatic rings. The number of amides is 1. The quantitative estimate of drug-likeness (QED) is 0.671. The van der Waals surface area contributed by atoms with Crippen LogP contribution in [-0.2, 0) is 0 Å². The third-order valence-electron chi connectivity index (χ3n) is 3.37. The van der Waals surface area contributed by atoms with Crippen LogP contribution in [0.2, 0.25) is 0 Å². The van der Waals surface area contributed by atoms with Crippen LogP contribution in [0.1, 0.15) is 21.6 Å². The number of rotatable bonds is 4. The first-order chi connectivity index (χ1) is 11.7. The van der Waals surface area contributed by atoms with Gasteiger partial charge in [0, 0.05) is 21.9 Å². The van der Waals surface area contributed by atoms with E-state index in [2.05, 4.69) is 26.2 Å². The highest BCUT2D eigenvalue weighted by atomic mass is 79.9. The van der Waals surface area contributed by atoms with Crippen molar-refractivity contribution in [3.8, 4) is 0 Å². The first-order valence-corrected chi connectivity index (χ1v) is 8.26. The maximum absolute atomic E-state index is 12.3. The second kappa shape index (κ2) is 7.70. The van der Waals surface area contributed by atoms with Crippen molar-refractivity contribution >= 4 is 39.7 Å². The average Bonchev–Trinajstić information content (AvgIpc) is 2.61. The third-order valence-corrected chi connectivity index (χ3v) is 3.86. The Balaban J connectivity index is 1.73. The summed E-state index contributed by atoms with van der Waals surface area (Å²) in [6, 6.07) is 20.8. The van der Waals surface area contributed by atoms with E-state index in [1.807, 2.05) is 66.7 Å². The van der Waals surface area contributed by atoms with Crippen molar-refractivity contribution < 1.29 is 4.79 Å². The number of nitrogens with one attached hydrogen (secondary N) is 1. The molecule has 0 saturated heterocycles. The highest BCUT2D eigenvalue weighted by Crippen LogP contribution is 2.16. The maximum atomic E-state index is 12.3. The summed E-state index contributed by atoms with van der Waals surface area (Å²) < 4.78 is 0.877. The van der Waals surface area contributed by atoms with Gasteiger partial charge in [-0.1, -0.05) is 46.3 Å². The lowest BCUT2D eigenvalue weighted by Gasteiger charge is -2.06. The van der Waals surface area contributed by atoms with Crippen molar-refractivity contribution in [2.75, 3.05) is 5.32 Å². The molecule has 0 unspecified atom stereocenters. The smallest absolute Gasteiger partial charge is 0.255 e. The van der Waals surface area contributed by atoms with Gasteiger partial charge in [-0.2, -0.15) is 0 Å². The molecule has 4 heteroatoms. The van der Waals surface area contributed by atoms with Gasteiger partial charge < -0.3 is 5.32 Å². The van der Waals surface area contributed by atoms with Crippen molar-refractivity contribution in [2.45, 2.75) is 0 Å². The average molecular weight is 379 g/mol. The van der Waals surface area contributed by atoms with Crippen LogP contribution in [0.3, 0.4) is 0 Å². The number of carbonyl (C=O) groups excluding carboxylic acids is 1. The van der Waals surface area contributed by atoms with Gasteiger partial charge in [0.2, 0.25) is 0 Å². The van der Waals surface area contributed by atoms with E-state index in [9.17, 15) is 4.79 Å². The fourth-order valence-corrected chi connectivity index (χ4v) is 2.61. The topological polar surface area (TPSA) is 42.0 Å². The van der Waals surface area contributed by atoms with Gasteiger partial charge >= 0.3 is 0 Å². The number of anilines is 1. The van der Waals surface area contributed by atoms with E-state index < -0.39 is 0 Å². The van der Waals surface area contributed by atoms with Crippen molar-refractivity contribution in [2.24, 2.45) is 0 Å². The maximum Gasteiger partial charge on any atom is 0.255 e. The summed E-state index contributed by atoms with van der Waals surface area (Å²) in [5, 5.41) is 2.91. The molecule has 3 aromatic rings. The van der Waals surface area contributed by atoms with E-state index in [-0.39, 0.29) is 5.91 Å². The molecular formula is C20H15BrN2O. The van der Waals surface area contributed by atoms with Crippen LogP contribution in [0.4, 0.5) is 5.69 Å². The largest absolute Gasteiger partial charge is 0.322 e. The second-order valence-corrected chi connectivity index (χ2v) is 6.09. The number of hydrogen-bond donors (Lipinski definition) is 1. The number of benzene rings is 2. The molecule has 0 saturated carbocycles. The molecule has 1 aromatic heterocycles. The van der Waals surface area contributed by atoms with E-state index in [0.717, 1.165) is 21.4 Å². The fourth-order valence-electron chi connectivity index (χ4n) is 2.21. The molecule has 0 radical (unpaired) electrons. The zero-order valence-corrected chi connectivity index (χ0v) is 14.4. The van der Waals surface area contributed by atoms with Gasteiger partial charge in [-0.3, -0.25) is 9.78 Å². The fraction of sp³-hybridized carbons (Fsp3) is 0. The zero-order valence-electron chi connectivity index (χ0n) is 12.8. The van der Waals surface area contributed by atoms with Gasteiger partial charge in [0.15, 0.2) is 0 Å². The molecule has 1 N–H and O–H groups in total. The first-order valence-electron chi connectivity index (χ1n) is 7.47. The van der Waals surface area contributed by atoms with Crippen LogP contribution < -0.4 is 5.32 Å². The summed E-state index contributed by atoms with van der Waals surface area (Å²) in [6.07, 6.45) is 5.67. The molecule has 0 fully saturated rings. The van der Waals surface area contributed by atoms with E-state index in [1.54, 1.807) is 18.3 Å². The zero-order chi connectivity index (χ0) is 16.8. The molecule has 0 aliphatic carbocycles. The van der Waals surface area contributed by atoms with E-state index in [1.165, 1.54) is 0 Å². The minimum absolute atomic E-state index is 0.137. The van der Waals surface area contributed by atoms with Crippen LogP contribution in [0, 0.1) is 0 Å². The number of halogens is 1. The molecule has 0 spiro atoms. The van der Waals surface area contributed by atoms with Crippen molar-refractivity contribution in [3.63, 3.8) is 0 Å². The molecular weight excluding hydrogens is 364 g/mol. The highest BCUT2D eigenvalue weighted by molar-refractivity contribution is 9.10. The van der Waals surface area contributed by atoms with Crippen LogP contribution >= 0.6 is 15.9 Å². The summed E-state index contributed by atoms with van der Waals surface area (Å²) in [5.41, 5.74) is 3.25. The molecule has 1 heterocycles. The lowest BCUT2D eigenvalue weighted by atomic mass is 10.1. The van der Waals surface area contributed by atoms with Crippen molar-refractivity contribution in [1.29, 1.82) is 0 Å². The van der Waals surface area contributed by atoms with Gasteiger partial charge in [-0.15, -0.1) is 0 Å². The Morgan fingerprint density at radius 3 is 2.62 bits per heavy atom. The number of hydrogen-bond acceptors (Lipinski definition) is 2. The lowest BCUT2D eigenvalue weighted by Crippen LogP contribution is -2.11. The minimum Gasteiger partial charge on any atom is -0.322 e. The molecule has 2 aromatic carbocycles. The van der Waals surface area contributed by atoms with Crippen LogP contribution in [0.15, 0.2) is 77.4 Å². The predicted molar refractivity (Wildman–Crippen MR) is 102 cm³/mol. The Morgan fingerprint density at radius 2 is 1.83 bits per heavy atom. The number of carbonyl (C=O) groups is 1. The van der Waals surface area contributed by atoms with Crippen molar-refractivity contribution in [3.05, 3.63) is 94.2 Å². The van der Waals surface area contributed by atoms with Crippen LogP contribution in [0.5, 0.6) is 0 Å². The lowest BCUT2D eigenvalue weighted by molar-refractivity contribution is 0.102. The molecule has 0 aliphatic heterocycles. The number of pyridine rings is 1. The summed E-state index contributed by atoms with van der Waals surface area (Å²) in [6.45, 7) is 0. The Hall–Kier alpha value is -2.72. The Morgan fingerprint density at radius 1 is 0.958 bits per heavy atom. The molecule has 3 rings (SSSR count). The summed E-state index contributed by atoms with van der Waals surface area (Å²) >= 11 is 3.38. The number of aromatic nitrogens is 1. The minimum atomic E-state index is -0.137. The Kier molecular flexibility index (Phi) is 5.18. The third kappa shape index (κ3) is 4.40. The molecule has 24 heavy (non-hydrogen) atoms. The molecule has 0 bridgehead atoms. The van der Waals surface area contributed by atoms with Gasteiger partial charge in [0.25, 0.3) is 5.91 Å². The first kappa shape index (κ1) is 16.1. The van der Waals surface area contributed by atoms with Crippen molar-refractivity contribution in [1.82, 2.24) is 4.98 Å². The van der Waals surface area contributed by atoms with Gasteiger partial charge in [0.1, 0.15) is 0 Å². The standard InChI is InChI=1S/C20H15BrN2O/c21-17-7-4-6-16(14-17)20(24)23-19-9-3-5-15(13-19)10-11-18-8-1-2-12-22-18/h1-14H,(H,23,24)/b11-10+. The monoisotopic (exact) mass is 378 g/mol. The summed E-state index contributed by atoms with van der Waals surface area (Å²) in [7, 11) is 0. The predicted octanol–water partition coefficient (Wildman–Crippen LogP) is 5.27. The van der Waals surface area contributed by atoms with E-state index in [0.29, 0.717) is 5.56 Å². The summed E-state index contributed by atoms with van der Waals surface area (Å²) in [5.74, 6) is -0.137. The molecule has 118 valence electrons. The Labute approximate surface area is 149 Å². The van der Waals surface area contributed by atoms with Gasteiger partial charge in [0.05, 0.1) is 5.69 Å². The van der Waals surface area contributed by atoms with Crippen LogP contribution in [0.25, 0.3) is 12.2 Å². The Bertz CT molecular complexity index is 876. The molecule has 1 amide bonds. The number of nitrogens with zero attached hydrogens (tertiary/aromatic N) is 1. The highest BCUT2D eigenvalue weighted by Gasteiger charge is 2.06. The normalized spacial score (nSPS) is 10.7.